The van der Waals surface area contributed by atoms with Gasteiger partial charge in [0.05, 0.1) is 11.8 Å². The van der Waals surface area contributed by atoms with Crippen molar-refractivity contribution in [1.29, 1.82) is 0 Å². The standard InChI is InChI=1S/C23H42O4/c1-4-6-7-8-9-10-11-12-17-21(18(3)5-2)27-23(26)20-16-14-13-15-19(20)22(24)25/h18-21H,4-17H2,1-3H3,(H,24,25). The van der Waals surface area contributed by atoms with Crippen LogP contribution >= 0.6 is 0 Å². The van der Waals surface area contributed by atoms with Crippen LogP contribution in [0.15, 0.2) is 0 Å². The number of aliphatic carboxylic acids is 1. The fraction of sp³-hybridized carbons (Fsp3) is 0.913. The molecule has 1 aliphatic rings. The van der Waals surface area contributed by atoms with E-state index in [9.17, 15) is 14.7 Å². The van der Waals surface area contributed by atoms with Crippen molar-refractivity contribution in [3.05, 3.63) is 0 Å². The van der Waals surface area contributed by atoms with Crippen LogP contribution in [0.2, 0.25) is 0 Å². The van der Waals surface area contributed by atoms with Crippen molar-refractivity contribution in [2.45, 2.75) is 117 Å². The number of carboxylic acids is 1. The van der Waals surface area contributed by atoms with Gasteiger partial charge in [-0.15, -0.1) is 0 Å². The van der Waals surface area contributed by atoms with E-state index < -0.39 is 17.8 Å². The van der Waals surface area contributed by atoms with Gasteiger partial charge >= 0.3 is 11.9 Å². The minimum Gasteiger partial charge on any atom is -0.481 e. The van der Waals surface area contributed by atoms with Gasteiger partial charge in [-0.3, -0.25) is 9.59 Å². The highest BCUT2D eigenvalue weighted by Crippen LogP contribution is 2.32. The molecule has 0 spiro atoms. The normalized spacial score (nSPS) is 22.2. The Kier molecular flexibility index (Phi) is 12.4. The van der Waals surface area contributed by atoms with Gasteiger partial charge in [-0.25, -0.2) is 0 Å². The van der Waals surface area contributed by atoms with E-state index in [-0.39, 0.29) is 12.1 Å². The lowest BCUT2D eigenvalue weighted by atomic mass is 9.79. The van der Waals surface area contributed by atoms with Gasteiger partial charge in [0.1, 0.15) is 6.10 Å². The van der Waals surface area contributed by atoms with Crippen molar-refractivity contribution in [3.63, 3.8) is 0 Å². The first-order valence-electron chi connectivity index (χ1n) is 11.4. The van der Waals surface area contributed by atoms with E-state index >= 15 is 0 Å². The SMILES string of the molecule is CCCCCCCCCCC(OC(=O)C1CCCCC1C(=O)O)C(C)CC. The van der Waals surface area contributed by atoms with Crippen LogP contribution in [0.4, 0.5) is 0 Å². The zero-order valence-corrected chi connectivity index (χ0v) is 17.9. The Labute approximate surface area is 166 Å². The molecular formula is C23H42O4. The summed E-state index contributed by atoms with van der Waals surface area (Å²) in [5.41, 5.74) is 0. The van der Waals surface area contributed by atoms with E-state index in [1.807, 2.05) is 0 Å². The quantitative estimate of drug-likeness (QED) is 0.280. The Morgan fingerprint density at radius 3 is 2.04 bits per heavy atom. The summed E-state index contributed by atoms with van der Waals surface area (Å²) in [7, 11) is 0. The van der Waals surface area contributed by atoms with Gasteiger partial charge in [-0.05, 0) is 31.6 Å². The van der Waals surface area contributed by atoms with Gasteiger partial charge in [0.2, 0.25) is 0 Å². The van der Waals surface area contributed by atoms with Crippen LogP contribution in [0.25, 0.3) is 0 Å². The minimum absolute atomic E-state index is 0.0704. The lowest BCUT2D eigenvalue weighted by Crippen LogP contribution is -2.37. The van der Waals surface area contributed by atoms with Crippen molar-refractivity contribution in [3.8, 4) is 0 Å². The van der Waals surface area contributed by atoms with Crippen LogP contribution in [-0.4, -0.2) is 23.1 Å². The lowest BCUT2D eigenvalue weighted by Gasteiger charge is -2.30. The molecule has 1 N–H and O–H groups in total. The van der Waals surface area contributed by atoms with Crippen LogP contribution in [0.5, 0.6) is 0 Å². The third-order valence-electron chi connectivity index (χ3n) is 6.27. The van der Waals surface area contributed by atoms with Crippen molar-refractivity contribution in [1.82, 2.24) is 0 Å². The molecule has 0 heterocycles. The van der Waals surface area contributed by atoms with Gasteiger partial charge in [0.25, 0.3) is 0 Å². The first-order chi connectivity index (χ1) is 13.0. The number of hydrogen-bond acceptors (Lipinski definition) is 3. The number of rotatable bonds is 14. The molecule has 0 aromatic heterocycles. The van der Waals surface area contributed by atoms with Crippen molar-refractivity contribution in [2.24, 2.45) is 17.8 Å². The van der Waals surface area contributed by atoms with Crippen LogP contribution in [-0.2, 0) is 14.3 Å². The Balaban J connectivity index is 2.42. The second-order valence-corrected chi connectivity index (χ2v) is 8.46. The molecule has 4 atom stereocenters. The van der Waals surface area contributed by atoms with Crippen LogP contribution in [0.1, 0.15) is 111 Å². The summed E-state index contributed by atoms with van der Waals surface area (Å²) < 4.78 is 5.88. The van der Waals surface area contributed by atoms with Crippen molar-refractivity contribution < 1.29 is 19.4 Å². The third-order valence-corrected chi connectivity index (χ3v) is 6.27. The molecule has 0 radical (unpaired) electrons. The number of esters is 1. The maximum atomic E-state index is 12.7. The lowest BCUT2D eigenvalue weighted by molar-refractivity contribution is -0.166. The zero-order valence-electron chi connectivity index (χ0n) is 17.9. The molecule has 4 unspecified atom stereocenters. The summed E-state index contributed by atoms with van der Waals surface area (Å²) >= 11 is 0. The van der Waals surface area contributed by atoms with E-state index in [0.29, 0.717) is 18.8 Å². The number of ether oxygens (including phenoxy) is 1. The Bertz CT molecular complexity index is 421. The molecule has 1 saturated carbocycles. The van der Waals surface area contributed by atoms with Crippen molar-refractivity contribution in [2.75, 3.05) is 0 Å². The molecule has 27 heavy (non-hydrogen) atoms. The van der Waals surface area contributed by atoms with Gasteiger partial charge < -0.3 is 9.84 Å². The van der Waals surface area contributed by atoms with Gasteiger partial charge in [0.15, 0.2) is 0 Å². The summed E-state index contributed by atoms with van der Waals surface area (Å²) in [4.78, 5) is 24.2. The van der Waals surface area contributed by atoms with Crippen LogP contribution < -0.4 is 0 Å². The smallest absolute Gasteiger partial charge is 0.310 e. The first kappa shape index (κ1) is 24.0. The summed E-state index contributed by atoms with van der Waals surface area (Å²) in [5.74, 6) is -1.81. The molecule has 0 bridgehead atoms. The number of carboxylic acid groups (broad SMARTS) is 1. The molecule has 0 saturated heterocycles. The van der Waals surface area contributed by atoms with E-state index in [2.05, 4.69) is 20.8 Å². The monoisotopic (exact) mass is 382 g/mol. The first-order valence-corrected chi connectivity index (χ1v) is 11.4. The molecule has 1 aliphatic carbocycles. The number of carbonyl (C=O) groups is 2. The van der Waals surface area contributed by atoms with E-state index in [4.69, 9.17) is 4.74 Å². The Morgan fingerprint density at radius 2 is 1.48 bits per heavy atom. The number of hydrogen-bond donors (Lipinski definition) is 1. The van der Waals surface area contributed by atoms with E-state index in [1.54, 1.807) is 0 Å². The molecule has 1 rings (SSSR count). The maximum Gasteiger partial charge on any atom is 0.310 e. The topological polar surface area (TPSA) is 63.6 Å². The molecule has 4 nitrogen and oxygen atoms in total. The molecular weight excluding hydrogens is 340 g/mol. The molecule has 0 aliphatic heterocycles. The number of carbonyl (C=O) groups excluding carboxylic acids is 1. The highest BCUT2D eigenvalue weighted by atomic mass is 16.5. The fourth-order valence-corrected chi connectivity index (χ4v) is 4.15. The highest BCUT2D eigenvalue weighted by molar-refractivity contribution is 5.81. The molecule has 0 amide bonds. The van der Waals surface area contributed by atoms with E-state index in [0.717, 1.165) is 32.1 Å². The molecule has 0 aromatic carbocycles. The predicted octanol–water partition coefficient (Wildman–Crippen LogP) is 6.37. The summed E-state index contributed by atoms with van der Waals surface area (Å²) in [6.45, 7) is 6.50. The summed E-state index contributed by atoms with van der Waals surface area (Å²) in [6, 6.07) is 0. The zero-order chi connectivity index (χ0) is 20.1. The van der Waals surface area contributed by atoms with Crippen LogP contribution in [0.3, 0.4) is 0 Å². The summed E-state index contributed by atoms with van der Waals surface area (Å²) in [6.07, 6.45) is 15.0. The second kappa shape index (κ2) is 14.0. The Hall–Kier alpha value is -1.06. The fourth-order valence-electron chi connectivity index (χ4n) is 4.15. The minimum atomic E-state index is -0.847. The maximum absolute atomic E-state index is 12.7. The average Bonchev–Trinajstić information content (AvgIpc) is 2.68. The average molecular weight is 383 g/mol. The highest BCUT2D eigenvalue weighted by Gasteiger charge is 2.38. The van der Waals surface area contributed by atoms with Crippen molar-refractivity contribution >= 4 is 11.9 Å². The van der Waals surface area contributed by atoms with E-state index in [1.165, 1.54) is 44.9 Å². The summed E-state index contributed by atoms with van der Waals surface area (Å²) in [5, 5.41) is 9.42. The van der Waals surface area contributed by atoms with Gasteiger partial charge in [-0.2, -0.15) is 0 Å². The van der Waals surface area contributed by atoms with Crippen LogP contribution in [0, 0.1) is 17.8 Å². The number of unbranched alkanes of at least 4 members (excludes halogenated alkanes) is 7. The second-order valence-electron chi connectivity index (χ2n) is 8.46. The Morgan fingerprint density at radius 1 is 0.926 bits per heavy atom. The predicted molar refractivity (Wildman–Crippen MR) is 110 cm³/mol. The molecule has 1 fully saturated rings. The largest absolute Gasteiger partial charge is 0.481 e. The molecule has 4 heteroatoms. The van der Waals surface area contributed by atoms with Gasteiger partial charge in [0, 0.05) is 0 Å². The van der Waals surface area contributed by atoms with Gasteiger partial charge in [-0.1, -0.05) is 85.0 Å². The molecule has 0 aromatic rings. The molecule has 158 valence electrons. The third kappa shape index (κ3) is 9.12.